The van der Waals surface area contributed by atoms with E-state index in [4.69, 9.17) is 9.15 Å². The molecule has 0 radical (unpaired) electrons. The number of hydrogen-bond donors (Lipinski definition) is 1. The first-order chi connectivity index (χ1) is 20.6. The second kappa shape index (κ2) is 13.3. The Labute approximate surface area is 254 Å². The van der Waals surface area contributed by atoms with Crippen LogP contribution in [0.15, 0.2) is 59.3 Å². The standard InChI is InChI=1S/C34H44N4O5/c1-5-6-16-37(27-9-7-8-24(19-27)23-38(2,3)4)32(39)22-36-21-28(25-10-12-30-26(20-25)14-17-42-30)33(34(40)41)29(36)11-13-31-35-15-18-43-31/h7-10,12,15,18-20,28-29,33H,5-6,11,13-14,16-17,21-23H2,1-4H3/p+1/t28-,29+,33-/m1/s1. The topological polar surface area (TPSA) is 96.1 Å². The Morgan fingerprint density at radius 3 is 2.72 bits per heavy atom. The lowest BCUT2D eigenvalue weighted by Crippen LogP contribution is -2.44. The van der Waals surface area contributed by atoms with Crippen molar-refractivity contribution in [2.24, 2.45) is 5.92 Å². The van der Waals surface area contributed by atoms with Crippen molar-refractivity contribution in [2.75, 3.05) is 52.3 Å². The summed E-state index contributed by atoms with van der Waals surface area (Å²) in [5.74, 6) is -0.316. The summed E-state index contributed by atoms with van der Waals surface area (Å²) < 4.78 is 12.0. The van der Waals surface area contributed by atoms with Crippen LogP contribution in [0.5, 0.6) is 5.75 Å². The van der Waals surface area contributed by atoms with Gasteiger partial charge in [-0.15, -0.1) is 0 Å². The highest BCUT2D eigenvalue weighted by Gasteiger charge is 2.47. The fraction of sp³-hybridized carbons (Fsp3) is 0.500. The van der Waals surface area contributed by atoms with Crippen LogP contribution in [-0.4, -0.2) is 84.8 Å². The van der Waals surface area contributed by atoms with Crippen LogP contribution in [0.3, 0.4) is 0 Å². The van der Waals surface area contributed by atoms with Gasteiger partial charge in [0.25, 0.3) is 0 Å². The number of anilines is 1. The van der Waals surface area contributed by atoms with Gasteiger partial charge in [0, 0.05) is 49.1 Å². The first-order valence-corrected chi connectivity index (χ1v) is 15.4. The van der Waals surface area contributed by atoms with Gasteiger partial charge in [-0.1, -0.05) is 37.6 Å². The van der Waals surface area contributed by atoms with E-state index < -0.39 is 11.9 Å². The van der Waals surface area contributed by atoms with E-state index in [0.717, 1.165) is 52.9 Å². The highest BCUT2D eigenvalue weighted by molar-refractivity contribution is 5.95. The molecule has 0 unspecified atom stereocenters. The maximum absolute atomic E-state index is 14.1. The maximum Gasteiger partial charge on any atom is 0.308 e. The molecule has 5 rings (SSSR count). The van der Waals surface area contributed by atoms with E-state index >= 15 is 0 Å². The monoisotopic (exact) mass is 589 g/mol. The van der Waals surface area contributed by atoms with Crippen molar-refractivity contribution >= 4 is 17.6 Å². The van der Waals surface area contributed by atoms with Crippen molar-refractivity contribution in [1.29, 1.82) is 0 Å². The van der Waals surface area contributed by atoms with Gasteiger partial charge < -0.3 is 23.6 Å². The van der Waals surface area contributed by atoms with Crippen molar-refractivity contribution < 1.29 is 28.3 Å². The molecule has 1 N–H and O–H groups in total. The molecule has 1 aromatic heterocycles. The van der Waals surface area contributed by atoms with E-state index in [0.29, 0.717) is 38.4 Å². The second-order valence-electron chi connectivity index (χ2n) is 12.9. The molecule has 3 atom stereocenters. The average molecular weight is 590 g/mol. The van der Waals surface area contributed by atoms with E-state index in [2.05, 4.69) is 56.1 Å². The summed E-state index contributed by atoms with van der Waals surface area (Å²) in [5, 5.41) is 10.6. The molecule has 43 heavy (non-hydrogen) atoms. The van der Waals surface area contributed by atoms with E-state index in [-0.39, 0.29) is 24.4 Å². The van der Waals surface area contributed by atoms with Gasteiger partial charge in [-0.25, -0.2) is 4.98 Å². The number of fused-ring (bicyclic) bond motifs is 1. The van der Waals surface area contributed by atoms with Crippen molar-refractivity contribution in [3.63, 3.8) is 0 Å². The first-order valence-electron chi connectivity index (χ1n) is 15.4. The zero-order valence-corrected chi connectivity index (χ0v) is 25.9. The Kier molecular flexibility index (Phi) is 9.52. The lowest BCUT2D eigenvalue weighted by molar-refractivity contribution is -0.884. The Balaban J connectivity index is 1.43. The lowest BCUT2D eigenvalue weighted by atomic mass is 9.83. The minimum absolute atomic E-state index is 0.0101. The first kappa shape index (κ1) is 30.8. The summed E-state index contributed by atoms with van der Waals surface area (Å²) in [4.78, 5) is 35.3. The van der Waals surface area contributed by atoms with Gasteiger partial charge in [-0.3, -0.25) is 14.5 Å². The van der Waals surface area contributed by atoms with Gasteiger partial charge in [0.2, 0.25) is 5.91 Å². The van der Waals surface area contributed by atoms with E-state index in [1.54, 1.807) is 6.20 Å². The molecular weight excluding hydrogens is 544 g/mol. The Morgan fingerprint density at radius 1 is 1.16 bits per heavy atom. The third kappa shape index (κ3) is 7.46. The van der Waals surface area contributed by atoms with Gasteiger partial charge in [-0.2, -0.15) is 0 Å². The molecule has 230 valence electrons. The van der Waals surface area contributed by atoms with Crippen LogP contribution in [0, 0.1) is 5.92 Å². The number of likely N-dealkylation sites (tertiary alicyclic amines) is 1. The van der Waals surface area contributed by atoms with Crippen LogP contribution >= 0.6 is 0 Å². The number of ether oxygens (including phenoxy) is 1. The van der Waals surface area contributed by atoms with Crippen molar-refractivity contribution in [1.82, 2.24) is 9.88 Å². The fourth-order valence-corrected chi connectivity index (χ4v) is 6.62. The average Bonchev–Trinajstić information content (AvgIpc) is 3.71. The number of carboxylic acid groups (broad SMARTS) is 1. The number of nitrogens with zero attached hydrogens (tertiary/aromatic N) is 4. The van der Waals surface area contributed by atoms with Crippen LogP contribution in [0.25, 0.3) is 0 Å². The molecule has 0 bridgehead atoms. The number of rotatable bonds is 13. The van der Waals surface area contributed by atoms with Crippen molar-refractivity contribution in [3.8, 4) is 5.75 Å². The van der Waals surface area contributed by atoms with Gasteiger partial charge >= 0.3 is 5.97 Å². The molecule has 0 saturated carbocycles. The number of aromatic nitrogens is 1. The highest BCUT2D eigenvalue weighted by atomic mass is 16.5. The van der Waals surface area contributed by atoms with E-state index in [9.17, 15) is 14.7 Å². The SMILES string of the molecule is CCCCN(C(=O)CN1C[C@H](c2ccc3c(c2)CCO3)[C@@H](C(=O)O)[C@@H]1CCc1ncco1)c1cccc(C[N+](C)(C)C)c1. The van der Waals surface area contributed by atoms with Crippen molar-refractivity contribution in [2.45, 2.75) is 57.5 Å². The molecule has 9 heteroatoms. The Morgan fingerprint density at radius 2 is 2.00 bits per heavy atom. The molecule has 3 heterocycles. The predicted molar refractivity (Wildman–Crippen MR) is 165 cm³/mol. The molecule has 1 fully saturated rings. The third-order valence-corrected chi connectivity index (χ3v) is 8.57. The number of quaternary nitrogens is 1. The van der Waals surface area contributed by atoms with Crippen LogP contribution < -0.4 is 9.64 Å². The molecular formula is C34H45N4O5+. The molecule has 9 nitrogen and oxygen atoms in total. The summed E-state index contributed by atoms with van der Waals surface area (Å²) in [5.41, 5.74) is 4.18. The normalized spacial score (nSPS) is 20.1. The molecule has 2 aliphatic heterocycles. The Hall–Kier alpha value is -3.69. The molecule has 3 aromatic rings. The molecule has 0 spiro atoms. The summed E-state index contributed by atoms with van der Waals surface area (Å²) in [7, 11) is 6.46. The second-order valence-corrected chi connectivity index (χ2v) is 12.9. The largest absolute Gasteiger partial charge is 0.493 e. The molecule has 1 amide bonds. The van der Waals surface area contributed by atoms with Crippen LogP contribution in [0.4, 0.5) is 5.69 Å². The van der Waals surface area contributed by atoms with Crippen LogP contribution in [-0.2, 0) is 29.0 Å². The third-order valence-electron chi connectivity index (χ3n) is 8.57. The summed E-state index contributed by atoms with van der Waals surface area (Å²) >= 11 is 0. The maximum atomic E-state index is 14.1. The smallest absolute Gasteiger partial charge is 0.308 e. The number of aryl methyl sites for hydroxylation is 1. The Bertz CT molecular complexity index is 1400. The number of aliphatic carboxylic acids is 1. The van der Waals surface area contributed by atoms with Crippen LogP contribution in [0.1, 0.15) is 54.7 Å². The molecule has 0 aliphatic carbocycles. The van der Waals surface area contributed by atoms with Gasteiger partial charge in [0.15, 0.2) is 5.89 Å². The zero-order chi connectivity index (χ0) is 30.6. The van der Waals surface area contributed by atoms with Gasteiger partial charge in [0.1, 0.15) is 18.6 Å². The number of oxazole rings is 1. The minimum atomic E-state index is -0.843. The van der Waals surface area contributed by atoms with E-state index in [1.807, 2.05) is 29.2 Å². The number of carboxylic acids is 1. The summed E-state index contributed by atoms with van der Waals surface area (Å²) in [6, 6.07) is 14.0. The number of amides is 1. The predicted octanol–water partition coefficient (Wildman–Crippen LogP) is 4.75. The molecule has 1 saturated heterocycles. The number of carbonyl (C=O) groups excluding carboxylic acids is 1. The van der Waals surface area contributed by atoms with Crippen molar-refractivity contribution in [3.05, 3.63) is 77.5 Å². The fourth-order valence-electron chi connectivity index (χ4n) is 6.62. The van der Waals surface area contributed by atoms with Gasteiger partial charge in [-0.05, 0) is 42.2 Å². The summed E-state index contributed by atoms with van der Waals surface area (Å²) in [6.45, 7) is 4.88. The number of unbranched alkanes of at least 4 members (excludes halogenated alkanes) is 1. The van der Waals surface area contributed by atoms with E-state index in [1.165, 1.54) is 11.8 Å². The summed E-state index contributed by atoms with van der Waals surface area (Å²) in [6.07, 6.45) is 6.85. The number of carbonyl (C=O) groups is 2. The van der Waals surface area contributed by atoms with Crippen LogP contribution in [0.2, 0.25) is 0 Å². The minimum Gasteiger partial charge on any atom is -0.493 e. The molecule has 2 aromatic carbocycles. The molecule has 2 aliphatic rings. The highest BCUT2D eigenvalue weighted by Crippen LogP contribution is 2.41. The number of hydrogen-bond acceptors (Lipinski definition) is 6. The number of benzene rings is 2. The quantitative estimate of drug-likeness (QED) is 0.288. The lowest BCUT2D eigenvalue weighted by Gasteiger charge is -2.30. The zero-order valence-electron chi connectivity index (χ0n) is 25.9. The van der Waals surface area contributed by atoms with Gasteiger partial charge in [0.05, 0.1) is 46.4 Å².